The quantitative estimate of drug-likeness (QED) is 0.793. The molecule has 1 aliphatic rings. The number of Topliss-reactive ketones (excluding diaryl/α,β-unsaturated/α-hetero) is 1. The molecule has 0 saturated heterocycles. The summed E-state index contributed by atoms with van der Waals surface area (Å²) in [7, 11) is 0. The van der Waals surface area contributed by atoms with Crippen LogP contribution < -0.4 is 0 Å². The lowest BCUT2D eigenvalue weighted by Gasteiger charge is -2.04. The first kappa shape index (κ1) is 13.6. The summed E-state index contributed by atoms with van der Waals surface area (Å²) in [5, 5.41) is 4.68. The predicted octanol–water partition coefficient (Wildman–Crippen LogP) is 3.01. The van der Waals surface area contributed by atoms with Gasteiger partial charge in [0.25, 0.3) is 0 Å². The fourth-order valence-electron chi connectivity index (χ4n) is 2.02. The van der Waals surface area contributed by atoms with Crippen molar-refractivity contribution in [3.8, 4) is 0 Å². The molecule has 1 aromatic rings. The zero-order chi connectivity index (χ0) is 13.0. The van der Waals surface area contributed by atoms with E-state index in [1.807, 2.05) is 25.6 Å². The molecule has 5 heteroatoms. The van der Waals surface area contributed by atoms with E-state index in [-0.39, 0.29) is 18.1 Å². The molecular formula is C13H20N2O2S. The second-order valence-electron chi connectivity index (χ2n) is 5.12. The minimum absolute atomic E-state index is 0.0215. The minimum atomic E-state index is 0.0215. The number of ketones is 1. The molecule has 0 bridgehead atoms. The van der Waals surface area contributed by atoms with Crippen molar-refractivity contribution in [1.82, 2.24) is 10.1 Å². The summed E-state index contributed by atoms with van der Waals surface area (Å²) < 4.78 is 5.11. The summed E-state index contributed by atoms with van der Waals surface area (Å²) in [6.07, 6.45) is 5.57. The van der Waals surface area contributed by atoms with Crippen LogP contribution in [0.2, 0.25) is 0 Å². The van der Waals surface area contributed by atoms with E-state index in [0.717, 1.165) is 16.8 Å². The third-order valence-corrected chi connectivity index (χ3v) is 4.60. The van der Waals surface area contributed by atoms with Gasteiger partial charge in [-0.3, -0.25) is 4.79 Å². The molecule has 1 heterocycles. The summed E-state index contributed by atoms with van der Waals surface area (Å²) in [6, 6.07) is 0. The molecule has 100 valence electrons. The van der Waals surface area contributed by atoms with Gasteiger partial charge >= 0.3 is 0 Å². The van der Waals surface area contributed by atoms with Gasteiger partial charge in [0.05, 0.1) is 12.2 Å². The van der Waals surface area contributed by atoms with Gasteiger partial charge in [0, 0.05) is 11.2 Å². The lowest BCUT2D eigenvalue weighted by Crippen LogP contribution is -2.10. The van der Waals surface area contributed by atoms with E-state index in [1.165, 1.54) is 25.7 Å². The topological polar surface area (TPSA) is 56.0 Å². The van der Waals surface area contributed by atoms with Gasteiger partial charge in [0.1, 0.15) is 5.78 Å². The molecule has 0 atom stereocenters. The molecule has 4 nitrogen and oxygen atoms in total. The lowest BCUT2D eigenvalue weighted by molar-refractivity contribution is -0.121. The third-order valence-electron chi connectivity index (χ3n) is 3.23. The Kier molecular flexibility index (Phi) is 4.80. The summed E-state index contributed by atoms with van der Waals surface area (Å²) in [5.74, 6) is 2.14. The average molecular weight is 268 g/mol. The fourth-order valence-corrected chi connectivity index (χ4v) is 3.19. The second kappa shape index (κ2) is 6.36. The highest BCUT2D eigenvalue weighted by molar-refractivity contribution is 7.99. The Morgan fingerprint density at radius 3 is 2.83 bits per heavy atom. The molecule has 1 saturated carbocycles. The molecular weight excluding hydrogens is 248 g/mol. The van der Waals surface area contributed by atoms with Crippen LogP contribution in [0.25, 0.3) is 0 Å². The number of aromatic nitrogens is 2. The van der Waals surface area contributed by atoms with Crippen molar-refractivity contribution in [2.45, 2.75) is 57.0 Å². The zero-order valence-electron chi connectivity index (χ0n) is 11.0. The Bertz CT molecular complexity index is 397. The number of carbonyl (C=O) groups excluding carboxylic acids is 1. The Morgan fingerprint density at radius 1 is 1.44 bits per heavy atom. The minimum Gasteiger partial charge on any atom is -0.339 e. The van der Waals surface area contributed by atoms with Crippen molar-refractivity contribution in [2.24, 2.45) is 5.92 Å². The summed E-state index contributed by atoms with van der Waals surface area (Å²) in [6.45, 7) is 3.77. The van der Waals surface area contributed by atoms with E-state index in [1.54, 1.807) is 0 Å². The van der Waals surface area contributed by atoms with Crippen molar-refractivity contribution in [3.05, 3.63) is 11.7 Å². The molecule has 0 unspecified atom stereocenters. The van der Waals surface area contributed by atoms with Gasteiger partial charge in [-0.15, -0.1) is 0 Å². The largest absolute Gasteiger partial charge is 0.339 e. The van der Waals surface area contributed by atoms with Gasteiger partial charge in [-0.2, -0.15) is 16.7 Å². The maximum atomic E-state index is 11.6. The van der Waals surface area contributed by atoms with Crippen LogP contribution in [-0.4, -0.2) is 21.2 Å². The Hall–Kier alpha value is -0.840. The number of hydrogen-bond donors (Lipinski definition) is 0. The van der Waals surface area contributed by atoms with Crippen molar-refractivity contribution >= 4 is 17.5 Å². The van der Waals surface area contributed by atoms with E-state index in [0.29, 0.717) is 5.89 Å². The number of rotatable bonds is 6. The maximum absolute atomic E-state index is 11.6. The number of thioether (sulfide) groups is 1. The Morgan fingerprint density at radius 2 is 2.17 bits per heavy atom. The van der Waals surface area contributed by atoms with E-state index in [4.69, 9.17) is 4.52 Å². The molecule has 1 aliphatic carbocycles. The first-order valence-corrected chi connectivity index (χ1v) is 7.66. The highest BCUT2D eigenvalue weighted by Crippen LogP contribution is 2.30. The molecule has 1 aromatic heterocycles. The van der Waals surface area contributed by atoms with E-state index < -0.39 is 0 Å². The van der Waals surface area contributed by atoms with E-state index >= 15 is 0 Å². The molecule has 0 aromatic carbocycles. The van der Waals surface area contributed by atoms with Gasteiger partial charge < -0.3 is 4.52 Å². The second-order valence-corrected chi connectivity index (χ2v) is 6.41. The molecule has 0 amide bonds. The monoisotopic (exact) mass is 268 g/mol. The third kappa shape index (κ3) is 3.83. The summed E-state index contributed by atoms with van der Waals surface area (Å²) in [5.41, 5.74) is 0. The standard InChI is InChI=1S/C13H20N2O2S/c1-9(2)11(16)7-13-14-12(15-17-13)8-18-10-5-3-4-6-10/h9-10H,3-8H2,1-2H3. The SMILES string of the molecule is CC(C)C(=O)Cc1nc(CSC2CCCC2)no1. The fraction of sp³-hybridized carbons (Fsp3) is 0.769. The molecule has 0 radical (unpaired) electrons. The maximum Gasteiger partial charge on any atom is 0.234 e. The number of hydrogen-bond acceptors (Lipinski definition) is 5. The van der Waals surface area contributed by atoms with Crippen LogP contribution in [0.5, 0.6) is 0 Å². The van der Waals surface area contributed by atoms with Gasteiger partial charge in [-0.1, -0.05) is 31.8 Å². The highest BCUT2D eigenvalue weighted by atomic mass is 32.2. The van der Waals surface area contributed by atoms with Crippen LogP contribution >= 0.6 is 11.8 Å². The molecule has 0 spiro atoms. The van der Waals surface area contributed by atoms with Crippen LogP contribution in [0.15, 0.2) is 4.52 Å². The highest BCUT2D eigenvalue weighted by Gasteiger charge is 2.18. The smallest absolute Gasteiger partial charge is 0.234 e. The van der Waals surface area contributed by atoms with Crippen LogP contribution in [0, 0.1) is 5.92 Å². The first-order chi connectivity index (χ1) is 8.65. The van der Waals surface area contributed by atoms with E-state index in [2.05, 4.69) is 10.1 Å². The van der Waals surface area contributed by atoms with Gasteiger partial charge in [0.15, 0.2) is 5.82 Å². The zero-order valence-corrected chi connectivity index (χ0v) is 11.8. The van der Waals surface area contributed by atoms with Crippen molar-refractivity contribution in [1.29, 1.82) is 0 Å². The summed E-state index contributed by atoms with van der Waals surface area (Å²) in [4.78, 5) is 15.8. The van der Waals surface area contributed by atoms with Crippen molar-refractivity contribution < 1.29 is 9.32 Å². The normalized spacial score (nSPS) is 16.6. The van der Waals surface area contributed by atoms with Gasteiger partial charge in [0.2, 0.25) is 5.89 Å². The average Bonchev–Trinajstić information content (AvgIpc) is 2.96. The predicted molar refractivity (Wildman–Crippen MR) is 71.4 cm³/mol. The van der Waals surface area contributed by atoms with Crippen LogP contribution in [0.1, 0.15) is 51.2 Å². The molecule has 0 aliphatic heterocycles. The van der Waals surface area contributed by atoms with Crippen LogP contribution in [0.4, 0.5) is 0 Å². The Balaban J connectivity index is 1.80. The van der Waals surface area contributed by atoms with E-state index in [9.17, 15) is 4.79 Å². The molecule has 0 N–H and O–H groups in total. The van der Waals surface area contributed by atoms with Crippen molar-refractivity contribution in [3.63, 3.8) is 0 Å². The van der Waals surface area contributed by atoms with Crippen LogP contribution in [0.3, 0.4) is 0 Å². The molecule has 2 rings (SSSR count). The van der Waals surface area contributed by atoms with Gasteiger partial charge in [-0.25, -0.2) is 0 Å². The van der Waals surface area contributed by atoms with Gasteiger partial charge in [-0.05, 0) is 12.8 Å². The lowest BCUT2D eigenvalue weighted by atomic mass is 10.1. The van der Waals surface area contributed by atoms with Crippen molar-refractivity contribution in [2.75, 3.05) is 0 Å². The first-order valence-electron chi connectivity index (χ1n) is 6.61. The molecule has 1 fully saturated rings. The number of nitrogens with zero attached hydrogens (tertiary/aromatic N) is 2. The Labute approximate surface area is 112 Å². The van der Waals surface area contributed by atoms with Crippen LogP contribution in [-0.2, 0) is 17.0 Å². The summed E-state index contributed by atoms with van der Waals surface area (Å²) >= 11 is 1.91. The number of carbonyl (C=O) groups is 1. The molecule has 18 heavy (non-hydrogen) atoms.